The van der Waals surface area contributed by atoms with Gasteiger partial charge in [0.25, 0.3) is 0 Å². The van der Waals surface area contributed by atoms with Gasteiger partial charge in [-0.15, -0.1) is 0 Å². The van der Waals surface area contributed by atoms with Crippen molar-refractivity contribution < 1.29 is 19.4 Å². The number of pyridine rings is 1. The molecule has 1 amide bonds. The minimum atomic E-state index is -1.05. The Morgan fingerprint density at radius 1 is 1.25 bits per heavy atom. The lowest BCUT2D eigenvalue weighted by atomic mass is 9.86. The number of nitrogens with one attached hydrogen (secondary N) is 2. The summed E-state index contributed by atoms with van der Waals surface area (Å²) >= 11 is 6.26. The molecule has 3 heterocycles. The number of ether oxygens (including phenoxy) is 1. The molecule has 0 radical (unpaired) electrons. The number of amides is 1. The molecular formula is C26H24ClN5O4. The number of aromatic carboxylic acids is 1. The van der Waals surface area contributed by atoms with Crippen molar-refractivity contribution in [3.63, 3.8) is 0 Å². The molecule has 1 aromatic heterocycles. The van der Waals surface area contributed by atoms with Crippen LogP contribution in [-0.4, -0.2) is 65.3 Å². The van der Waals surface area contributed by atoms with E-state index in [1.807, 2.05) is 0 Å². The minimum Gasteiger partial charge on any atom is -0.491 e. The number of fused-ring (bicyclic) bond motifs is 2. The summed E-state index contributed by atoms with van der Waals surface area (Å²) < 4.78 is 6.06. The van der Waals surface area contributed by atoms with Crippen molar-refractivity contribution in [2.24, 2.45) is 5.92 Å². The summed E-state index contributed by atoms with van der Waals surface area (Å²) in [6.45, 7) is 1.57. The van der Waals surface area contributed by atoms with E-state index in [-0.39, 0.29) is 36.1 Å². The molecule has 2 aliphatic rings. The molecule has 0 spiro atoms. The van der Waals surface area contributed by atoms with Crippen LogP contribution >= 0.6 is 11.6 Å². The van der Waals surface area contributed by atoms with E-state index in [4.69, 9.17) is 16.3 Å². The Labute approximate surface area is 212 Å². The third kappa shape index (κ3) is 4.71. The molecule has 3 N–H and O–H groups in total. The maximum absolute atomic E-state index is 13.0. The van der Waals surface area contributed by atoms with Crippen LogP contribution in [-0.2, 0) is 4.79 Å². The van der Waals surface area contributed by atoms with Gasteiger partial charge < -0.3 is 20.1 Å². The second-order valence-corrected chi connectivity index (χ2v) is 9.31. The lowest BCUT2D eigenvalue weighted by molar-refractivity contribution is -0.142. The number of nitrogens with zero attached hydrogens (tertiary/aromatic N) is 3. The lowest BCUT2D eigenvalue weighted by Gasteiger charge is -2.42. The van der Waals surface area contributed by atoms with Gasteiger partial charge >= 0.3 is 5.97 Å². The Hall–Kier alpha value is -3.71. The maximum atomic E-state index is 13.0. The van der Waals surface area contributed by atoms with Crippen LogP contribution in [0, 0.1) is 17.2 Å². The average Bonchev–Trinajstić information content (AvgIpc) is 2.89. The zero-order valence-corrected chi connectivity index (χ0v) is 20.0. The molecule has 5 rings (SSSR count). The summed E-state index contributed by atoms with van der Waals surface area (Å²) in [5, 5.41) is 26.5. The highest BCUT2D eigenvalue weighted by Gasteiger charge is 2.40. The topological polar surface area (TPSA) is 128 Å². The van der Waals surface area contributed by atoms with Gasteiger partial charge in [-0.05, 0) is 36.8 Å². The fraction of sp³-hybridized carbons (Fsp3) is 0.308. The first-order valence-corrected chi connectivity index (χ1v) is 12.0. The van der Waals surface area contributed by atoms with Gasteiger partial charge in [0, 0.05) is 28.6 Å². The number of benzene rings is 2. The highest BCUT2D eigenvalue weighted by atomic mass is 35.5. The number of nitriles is 1. The highest BCUT2D eigenvalue weighted by molar-refractivity contribution is 6.31. The second-order valence-electron chi connectivity index (χ2n) is 8.87. The predicted octanol–water partition coefficient (Wildman–Crippen LogP) is 2.89. The zero-order valence-electron chi connectivity index (χ0n) is 19.3. The van der Waals surface area contributed by atoms with Crippen molar-refractivity contribution in [1.29, 1.82) is 5.26 Å². The number of aromatic nitrogens is 1. The van der Waals surface area contributed by atoms with E-state index in [0.717, 1.165) is 0 Å². The Balaban J connectivity index is 1.35. The molecule has 9 nitrogen and oxygen atoms in total. The largest absolute Gasteiger partial charge is 0.491 e. The fourth-order valence-electron chi connectivity index (χ4n) is 4.81. The number of halogens is 1. The highest BCUT2D eigenvalue weighted by Crippen LogP contribution is 2.34. The van der Waals surface area contributed by atoms with Crippen LogP contribution in [0.4, 0.5) is 0 Å². The van der Waals surface area contributed by atoms with Gasteiger partial charge in [-0.2, -0.15) is 5.26 Å². The van der Waals surface area contributed by atoms with Crippen molar-refractivity contribution in [2.75, 3.05) is 26.4 Å². The number of hydrogen-bond acceptors (Lipinski definition) is 7. The van der Waals surface area contributed by atoms with E-state index in [2.05, 4.69) is 21.7 Å². The molecule has 2 aliphatic heterocycles. The monoisotopic (exact) mass is 505 g/mol. The summed E-state index contributed by atoms with van der Waals surface area (Å²) in [6.07, 6.45) is 0.477. The number of carboxylic acids is 1. The smallest absolute Gasteiger partial charge is 0.336 e. The van der Waals surface area contributed by atoms with E-state index in [1.165, 1.54) is 6.07 Å². The molecule has 3 unspecified atom stereocenters. The van der Waals surface area contributed by atoms with E-state index in [1.54, 1.807) is 47.4 Å². The zero-order chi connectivity index (χ0) is 25.2. The third-order valence-corrected chi connectivity index (χ3v) is 6.91. The maximum Gasteiger partial charge on any atom is 0.336 e. The van der Waals surface area contributed by atoms with Gasteiger partial charge in [0.2, 0.25) is 5.91 Å². The average molecular weight is 506 g/mol. The van der Waals surface area contributed by atoms with Gasteiger partial charge in [0.05, 0.1) is 48.0 Å². The van der Waals surface area contributed by atoms with Crippen LogP contribution in [0.2, 0.25) is 5.02 Å². The summed E-state index contributed by atoms with van der Waals surface area (Å²) in [7, 11) is 0. The Kier molecular flexibility index (Phi) is 6.74. The lowest BCUT2D eigenvalue weighted by Crippen LogP contribution is -2.64. The van der Waals surface area contributed by atoms with E-state index in [0.29, 0.717) is 59.1 Å². The molecule has 0 bridgehead atoms. The summed E-state index contributed by atoms with van der Waals surface area (Å²) in [5.74, 6) is -0.791. The summed E-state index contributed by atoms with van der Waals surface area (Å²) in [4.78, 5) is 31.3. The van der Waals surface area contributed by atoms with Gasteiger partial charge in [-0.25, -0.2) is 9.78 Å². The number of rotatable bonds is 6. The van der Waals surface area contributed by atoms with Crippen molar-refractivity contribution in [3.05, 3.63) is 59.1 Å². The van der Waals surface area contributed by atoms with Gasteiger partial charge in [-0.1, -0.05) is 29.8 Å². The molecule has 3 atom stereocenters. The molecule has 36 heavy (non-hydrogen) atoms. The Morgan fingerprint density at radius 3 is 2.89 bits per heavy atom. The second kappa shape index (κ2) is 10.1. The summed E-state index contributed by atoms with van der Waals surface area (Å²) in [6, 6.07) is 15.6. The first-order chi connectivity index (χ1) is 17.4. The molecule has 3 aromatic rings. The Morgan fingerprint density at radius 2 is 2.08 bits per heavy atom. The first kappa shape index (κ1) is 24.0. The van der Waals surface area contributed by atoms with Crippen molar-refractivity contribution >= 4 is 34.4 Å². The SMILES string of the molecule is N#CC1CC2C(=O)N(CCOc3ccc(Cl)cc3-c3cc(C(=O)O)c4ccccc4n3)CNC2CN1. The van der Waals surface area contributed by atoms with Crippen molar-refractivity contribution in [2.45, 2.75) is 18.5 Å². The van der Waals surface area contributed by atoms with Crippen LogP contribution in [0.5, 0.6) is 5.75 Å². The van der Waals surface area contributed by atoms with E-state index >= 15 is 0 Å². The predicted molar refractivity (Wildman–Crippen MR) is 134 cm³/mol. The van der Waals surface area contributed by atoms with E-state index in [9.17, 15) is 20.0 Å². The molecule has 2 saturated heterocycles. The number of carboxylic acid groups (broad SMARTS) is 1. The fourth-order valence-corrected chi connectivity index (χ4v) is 4.98. The molecule has 0 saturated carbocycles. The van der Waals surface area contributed by atoms with E-state index < -0.39 is 5.97 Å². The van der Waals surface area contributed by atoms with Crippen LogP contribution in [0.15, 0.2) is 48.5 Å². The molecular weight excluding hydrogens is 482 g/mol. The van der Waals surface area contributed by atoms with Crippen molar-refractivity contribution in [1.82, 2.24) is 20.5 Å². The molecule has 184 valence electrons. The van der Waals surface area contributed by atoms with Gasteiger partial charge in [0.15, 0.2) is 0 Å². The number of carbonyl (C=O) groups is 2. The van der Waals surface area contributed by atoms with Crippen LogP contribution in [0.25, 0.3) is 22.2 Å². The van der Waals surface area contributed by atoms with Crippen LogP contribution in [0.1, 0.15) is 16.8 Å². The normalized spacial score (nSPS) is 21.6. The van der Waals surface area contributed by atoms with Crippen LogP contribution in [0.3, 0.4) is 0 Å². The number of hydrogen-bond donors (Lipinski definition) is 3. The minimum absolute atomic E-state index is 0.0164. The molecule has 2 aromatic carbocycles. The Bertz CT molecular complexity index is 1370. The standard InChI is InChI=1S/C26H24ClN5O4/c27-15-5-6-24(19(9-15)22-11-18(26(34)35)17-3-1-2-4-21(17)31-22)36-8-7-32-14-30-23-13-29-16(12-28)10-20(23)25(32)33/h1-6,9,11,16,20,23,29-30H,7-8,10,13-14H2,(H,34,35). The summed E-state index contributed by atoms with van der Waals surface area (Å²) in [5.41, 5.74) is 1.68. The van der Waals surface area contributed by atoms with Crippen molar-refractivity contribution in [3.8, 4) is 23.1 Å². The molecule has 2 fully saturated rings. The molecule has 0 aliphatic carbocycles. The van der Waals surface area contributed by atoms with Gasteiger partial charge in [-0.3, -0.25) is 10.1 Å². The number of piperidine rings is 1. The molecule has 10 heteroatoms. The number of carbonyl (C=O) groups excluding carboxylic acids is 1. The van der Waals surface area contributed by atoms with Crippen LogP contribution < -0.4 is 15.4 Å². The van der Waals surface area contributed by atoms with Gasteiger partial charge in [0.1, 0.15) is 12.4 Å². The third-order valence-electron chi connectivity index (χ3n) is 6.67. The first-order valence-electron chi connectivity index (χ1n) is 11.7. The quantitative estimate of drug-likeness (QED) is 0.466. The number of para-hydroxylation sites is 1.